The highest BCUT2D eigenvalue weighted by Gasteiger charge is 2.21. The Hall–Kier alpha value is -2.21. The van der Waals surface area contributed by atoms with Gasteiger partial charge in [0.25, 0.3) is 5.91 Å². The summed E-state index contributed by atoms with van der Waals surface area (Å²) < 4.78 is 5.32. The molecule has 0 radical (unpaired) electrons. The third kappa shape index (κ3) is 3.42. The molecule has 0 spiro atoms. The third-order valence-electron chi connectivity index (χ3n) is 3.12. The van der Waals surface area contributed by atoms with E-state index in [2.05, 4.69) is 20.5 Å². The number of hydrogen-bond donors (Lipinski definition) is 2. The lowest BCUT2D eigenvalue weighted by molar-refractivity contribution is -0.120. The Bertz CT molecular complexity index is 578. The predicted molar refractivity (Wildman–Crippen MR) is 74.0 cm³/mol. The van der Waals surface area contributed by atoms with Crippen LogP contribution in [0, 0.1) is 5.92 Å². The maximum Gasteiger partial charge on any atom is 0.251 e. The number of carbonyl (C=O) groups excluding carboxylic acids is 1. The molecular weight excluding hydrogens is 256 g/mol. The summed E-state index contributed by atoms with van der Waals surface area (Å²) in [6.45, 7) is 0.754. The van der Waals surface area contributed by atoms with E-state index in [1.54, 1.807) is 18.5 Å². The summed E-state index contributed by atoms with van der Waals surface area (Å²) in [7, 11) is 0. The molecule has 20 heavy (non-hydrogen) atoms. The fourth-order valence-corrected chi connectivity index (χ4v) is 1.85. The molecule has 2 aromatic rings. The molecule has 104 valence electrons. The van der Waals surface area contributed by atoms with Crippen LogP contribution in [0.15, 0.2) is 30.6 Å². The molecule has 0 unspecified atom stereocenters. The minimum absolute atomic E-state index is 0.0773. The quantitative estimate of drug-likeness (QED) is 0.840. The van der Waals surface area contributed by atoms with Gasteiger partial charge in [0.2, 0.25) is 0 Å². The Balaban J connectivity index is 1.52. The van der Waals surface area contributed by atoms with Gasteiger partial charge in [-0.3, -0.25) is 14.9 Å². The molecule has 1 aliphatic rings. The largest absolute Gasteiger partial charge is 0.371 e. The number of pyridine rings is 1. The van der Waals surface area contributed by atoms with Gasteiger partial charge in [-0.1, -0.05) is 0 Å². The van der Waals surface area contributed by atoms with Crippen LogP contribution in [0.1, 0.15) is 12.8 Å². The molecule has 0 atom stereocenters. The number of H-pyrrole nitrogens is 1. The minimum atomic E-state index is -0.182. The van der Waals surface area contributed by atoms with E-state index in [9.17, 15) is 4.79 Å². The fraction of sp³-hybridized carbons (Fsp3) is 0.357. The molecule has 1 saturated carbocycles. The molecule has 0 bridgehead atoms. The van der Waals surface area contributed by atoms with Crippen LogP contribution >= 0.6 is 0 Å². The summed E-state index contributed by atoms with van der Waals surface area (Å²) in [4.78, 5) is 15.6. The van der Waals surface area contributed by atoms with Gasteiger partial charge in [-0.25, -0.2) is 0 Å². The average molecular weight is 272 g/mol. The van der Waals surface area contributed by atoms with Gasteiger partial charge in [0.15, 0.2) is 5.82 Å². The minimum Gasteiger partial charge on any atom is -0.371 e. The second-order valence-electron chi connectivity index (χ2n) is 4.91. The van der Waals surface area contributed by atoms with Crippen LogP contribution in [0.4, 0.5) is 5.82 Å². The first-order valence-electron chi connectivity index (χ1n) is 6.64. The lowest BCUT2D eigenvalue weighted by Gasteiger charge is -2.02. The molecule has 0 aromatic carbocycles. The molecule has 2 heterocycles. The van der Waals surface area contributed by atoms with Crippen LogP contribution in [-0.4, -0.2) is 34.3 Å². The average Bonchev–Trinajstić information content (AvgIpc) is 3.17. The maximum absolute atomic E-state index is 11.7. The van der Waals surface area contributed by atoms with Crippen molar-refractivity contribution in [1.82, 2.24) is 15.2 Å². The zero-order valence-electron chi connectivity index (χ0n) is 11.0. The second-order valence-corrected chi connectivity index (χ2v) is 4.91. The zero-order chi connectivity index (χ0) is 13.8. The number of carbonyl (C=O) groups is 1. The lowest BCUT2D eigenvalue weighted by Crippen LogP contribution is -2.19. The van der Waals surface area contributed by atoms with Gasteiger partial charge in [0.1, 0.15) is 6.61 Å². The highest BCUT2D eigenvalue weighted by atomic mass is 16.5. The summed E-state index contributed by atoms with van der Waals surface area (Å²) in [5.41, 5.74) is 1.81. The number of rotatable bonds is 6. The molecule has 0 aliphatic heterocycles. The first kappa shape index (κ1) is 12.8. The van der Waals surface area contributed by atoms with Crippen LogP contribution in [0.5, 0.6) is 0 Å². The second kappa shape index (κ2) is 5.83. The van der Waals surface area contributed by atoms with Gasteiger partial charge in [0, 0.05) is 24.0 Å². The molecular formula is C14H16N4O2. The van der Waals surface area contributed by atoms with Crippen LogP contribution in [0.3, 0.4) is 0 Å². The van der Waals surface area contributed by atoms with E-state index in [-0.39, 0.29) is 12.5 Å². The molecule has 1 aliphatic carbocycles. The van der Waals surface area contributed by atoms with E-state index < -0.39 is 0 Å². The topological polar surface area (TPSA) is 79.9 Å². The summed E-state index contributed by atoms with van der Waals surface area (Å²) >= 11 is 0. The molecule has 2 aromatic heterocycles. The van der Waals surface area contributed by atoms with Crippen molar-refractivity contribution in [2.24, 2.45) is 5.92 Å². The Labute approximate surface area is 116 Å². The Kier molecular flexibility index (Phi) is 3.73. The van der Waals surface area contributed by atoms with Gasteiger partial charge in [-0.05, 0) is 30.9 Å². The van der Waals surface area contributed by atoms with Crippen molar-refractivity contribution in [3.8, 4) is 11.3 Å². The number of amides is 1. The number of hydrogen-bond acceptors (Lipinski definition) is 4. The zero-order valence-corrected chi connectivity index (χ0v) is 11.0. The number of aromatic amines is 1. The monoisotopic (exact) mass is 272 g/mol. The standard InChI is InChI=1S/C14H16N4O2/c19-14(9-20-8-10-1-2-10)16-13-7-12(17-18-13)11-3-5-15-6-4-11/h3-7,10H,1-2,8-9H2,(H2,16,17,18,19). The van der Waals surface area contributed by atoms with Crippen LogP contribution in [0.25, 0.3) is 11.3 Å². The van der Waals surface area contributed by atoms with Gasteiger partial charge in [0.05, 0.1) is 12.3 Å². The number of aromatic nitrogens is 3. The molecule has 3 rings (SSSR count). The smallest absolute Gasteiger partial charge is 0.251 e. The van der Waals surface area contributed by atoms with Crippen molar-refractivity contribution < 1.29 is 9.53 Å². The fourth-order valence-electron chi connectivity index (χ4n) is 1.85. The molecule has 2 N–H and O–H groups in total. The Morgan fingerprint density at radius 3 is 2.95 bits per heavy atom. The Morgan fingerprint density at radius 1 is 1.40 bits per heavy atom. The SMILES string of the molecule is O=C(COCC1CC1)Nc1cc(-c2ccncc2)[nH]n1. The van der Waals surface area contributed by atoms with Gasteiger partial charge < -0.3 is 10.1 Å². The number of nitrogens with zero attached hydrogens (tertiary/aromatic N) is 2. The predicted octanol–water partition coefficient (Wildman–Crippen LogP) is 1.84. The molecule has 6 heteroatoms. The van der Waals surface area contributed by atoms with Crippen LogP contribution in [-0.2, 0) is 9.53 Å². The number of anilines is 1. The van der Waals surface area contributed by atoms with E-state index in [0.717, 1.165) is 11.3 Å². The molecule has 1 fully saturated rings. The maximum atomic E-state index is 11.7. The van der Waals surface area contributed by atoms with E-state index >= 15 is 0 Å². The lowest BCUT2D eigenvalue weighted by atomic mass is 10.2. The van der Waals surface area contributed by atoms with E-state index in [1.165, 1.54) is 12.8 Å². The first-order chi connectivity index (χ1) is 9.81. The van der Waals surface area contributed by atoms with Crippen molar-refractivity contribution in [1.29, 1.82) is 0 Å². The summed E-state index contributed by atoms with van der Waals surface area (Å²) in [5.74, 6) is 0.974. The summed E-state index contributed by atoms with van der Waals surface area (Å²) in [6.07, 6.45) is 5.85. The molecule has 6 nitrogen and oxygen atoms in total. The van der Waals surface area contributed by atoms with Crippen molar-refractivity contribution >= 4 is 11.7 Å². The molecule has 0 saturated heterocycles. The van der Waals surface area contributed by atoms with Crippen molar-refractivity contribution in [3.63, 3.8) is 0 Å². The van der Waals surface area contributed by atoms with Crippen molar-refractivity contribution in [2.75, 3.05) is 18.5 Å². The van der Waals surface area contributed by atoms with Crippen molar-refractivity contribution in [3.05, 3.63) is 30.6 Å². The summed E-state index contributed by atoms with van der Waals surface area (Å²) in [6, 6.07) is 5.53. The highest BCUT2D eigenvalue weighted by Crippen LogP contribution is 2.28. The number of nitrogens with one attached hydrogen (secondary N) is 2. The van der Waals surface area contributed by atoms with Crippen LogP contribution in [0.2, 0.25) is 0 Å². The van der Waals surface area contributed by atoms with Crippen molar-refractivity contribution in [2.45, 2.75) is 12.8 Å². The normalized spacial score (nSPS) is 14.2. The van der Waals surface area contributed by atoms with E-state index in [0.29, 0.717) is 18.3 Å². The highest BCUT2D eigenvalue weighted by molar-refractivity contribution is 5.91. The van der Waals surface area contributed by atoms with Gasteiger partial charge >= 0.3 is 0 Å². The molecule has 1 amide bonds. The first-order valence-corrected chi connectivity index (χ1v) is 6.64. The van der Waals surface area contributed by atoms with E-state index in [1.807, 2.05) is 12.1 Å². The summed E-state index contributed by atoms with van der Waals surface area (Å²) in [5, 5.41) is 9.64. The van der Waals surface area contributed by atoms with Gasteiger partial charge in [-0.15, -0.1) is 0 Å². The van der Waals surface area contributed by atoms with E-state index in [4.69, 9.17) is 4.74 Å². The van der Waals surface area contributed by atoms with Gasteiger partial charge in [-0.2, -0.15) is 5.10 Å². The Morgan fingerprint density at radius 2 is 2.20 bits per heavy atom. The third-order valence-corrected chi connectivity index (χ3v) is 3.12. The number of ether oxygens (including phenoxy) is 1. The van der Waals surface area contributed by atoms with Crippen LogP contribution < -0.4 is 5.32 Å².